The first kappa shape index (κ1) is 15.0. The molecule has 1 amide bonds. The zero-order valence-corrected chi connectivity index (χ0v) is 14.1. The number of anilines is 1. The van der Waals surface area contributed by atoms with E-state index in [4.69, 9.17) is 0 Å². The Balaban J connectivity index is 1.71. The molecule has 0 atom stereocenters. The third kappa shape index (κ3) is 2.60. The normalized spacial score (nSPS) is 13.0. The van der Waals surface area contributed by atoms with E-state index in [-0.39, 0.29) is 5.91 Å². The summed E-state index contributed by atoms with van der Waals surface area (Å²) >= 11 is 1.21. The van der Waals surface area contributed by atoms with Crippen molar-refractivity contribution in [3.05, 3.63) is 47.2 Å². The van der Waals surface area contributed by atoms with E-state index in [2.05, 4.69) is 30.7 Å². The number of pyridine rings is 1. The number of carbonyl (C=O) groups excluding carboxylic acids is 1. The molecule has 0 radical (unpaired) electrons. The van der Waals surface area contributed by atoms with Gasteiger partial charge in [0, 0.05) is 41.6 Å². The van der Waals surface area contributed by atoms with E-state index >= 15 is 0 Å². The second-order valence-corrected chi connectivity index (χ2v) is 6.50. The van der Waals surface area contributed by atoms with E-state index < -0.39 is 0 Å². The van der Waals surface area contributed by atoms with E-state index in [0.717, 1.165) is 48.5 Å². The highest BCUT2D eigenvalue weighted by Gasteiger charge is 2.24. The number of H-pyrrole nitrogens is 1. The Hall–Kier alpha value is -2.54. The van der Waals surface area contributed by atoms with Crippen molar-refractivity contribution in [3.63, 3.8) is 0 Å². The number of hydrogen-bond donors (Lipinski definition) is 2. The number of nitrogens with one attached hydrogen (secondary N) is 2. The Morgan fingerprint density at radius 1 is 1.42 bits per heavy atom. The molecule has 0 aliphatic heterocycles. The van der Waals surface area contributed by atoms with E-state index in [1.165, 1.54) is 17.1 Å². The lowest BCUT2D eigenvalue weighted by molar-refractivity contribution is 0.102. The van der Waals surface area contributed by atoms with Gasteiger partial charge in [0.25, 0.3) is 5.91 Å². The van der Waals surface area contributed by atoms with Gasteiger partial charge in [-0.3, -0.25) is 15.1 Å². The van der Waals surface area contributed by atoms with Gasteiger partial charge in [0.05, 0.1) is 11.3 Å². The van der Waals surface area contributed by atoms with E-state index in [1.807, 2.05) is 13.0 Å². The number of rotatable bonds is 3. The topological polar surface area (TPSA) is 83.6 Å². The maximum Gasteiger partial charge on any atom is 0.259 e. The van der Waals surface area contributed by atoms with Crippen molar-refractivity contribution in [3.8, 4) is 11.3 Å². The molecule has 1 aliphatic carbocycles. The average molecular weight is 339 g/mol. The molecule has 0 aromatic carbocycles. The molecular weight excluding hydrogens is 322 g/mol. The molecule has 1 aliphatic rings. The van der Waals surface area contributed by atoms with Crippen LogP contribution in [0.15, 0.2) is 24.5 Å². The first-order valence-corrected chi connectivity index (χ1v) is 8.82. The monoisotopic (exact) mass is 339 g/mol. The fourth-order valence-corrected chi connectivity index (χ4v) is 3.69. The van der Waals surface area contributed by atoms with Gasteiger partial charge in [-0.2, -0.15) is 4.37 Å². The van der Waals surface area contributed by atoms with Crippen LogP contribution in [0.5, 0.6) is 0 Å². The van der Waals surface area contributed by atoms with Crippen LogP contribution in [0, 0.1) is 0 Å². The van der Waals surface area contributed by atoms with Gasteiger partial charge >= 0.3 is 0 Å². The molecule has 7 heteroatoms. The fourth-order valence-electron chi connectivity index (χ4n) is 3.05. The first-order valence-electron chi connectivity index (χ1n) is 8.04. The van der Waals surface area contributed by atoms with Crippen LogP contribution >= 0.6 is 11.5 Å². The lowest BCUT2D eigenvalue weighted by atomic mass is 10.0. The van der Waals surface area contributed by atoms with Crippen molar-refractivity contribution in [2.45, 2.75) is 32.6 Å². The SMILES string of the molecule is CCc1nsc(NC(=O)c2c[nH]c3c2-c2ncccc2CCC3)n1. The summed E-state index contributed by atoms with van der Waals surface area (Å²) in [5.74, 6) is 0.569. The van der Waals surface area contributed by atoms with Crippen molar-refractivity contribution in [1.82, 2.24) is 19.3 Å². The number of amides is 1. The highest BCUT2D eigenvalue weighted by molar-refractivity contribution is 7.09. The Bertz CT molecular complexity index is 898. The summed E-state index contributed by atoms with van der Waals surface area (Å²) in [5.41, 5.74) is 4.70. The van der Waals surface area contributed by atoms with Gasteiger partial charge in [-0.15, -0.1) is 0 Å². The number of carbonyl (C=O) groups is 1. The Morgan fingerprint density at radius 3 is 3.17 bits per heavy atom. The van der Waals surface area contributed by atoms with Crippen LogP contribution in [-0.2, 0) is 19.3 Å². The van der Waals surface area contributed by atoms with Crippen LogP contribution in [0.1, 0.15) is 40.8 Å². The van der Waals surface area contributed by atoms with Crippen LogP contribution in [0.4, 0.5) is 5.13 Å². The highest BCUT2D eigenvalue weighted by Crippen LogP contribution is 2.33. The molecule has 0 unspecified atom stereocenters. The van der Waals surface area contributed by atoms with Crippen molar-refractivity contribution >= 4 is 22.6 Å². The lowest BCUT2D eigenvalue weighted by Crippen LogP contribution is -2.12. The number of nitrogens with zero attached hydrogens (tertiary/aromatic N) is 3. The third-order valence-electron chi connectivity index (χ3n) is 4.21. The van der Waals surface area contributed by atoms with Crippen LogP contribution in [-0.4, -0.2) is 25.2 Å². The second-order valence-electron chi connectivity index (χ2n) is 5.74. The fraction of sp³-hybridized carbons (Fsp3) is 0.294. The molecule has 0 bridgehead atoms. The van der Waals surface area contributed by atoms with Crippen molar-refractivity contribution < 1.29 is 4.79 Å². The summed E-state index contributed by atoms with van der Waals surface area (Å²) in [5, 5.41) is 3.39. The third-order valence-corrected chi connectivity index (χ3v) is 4.88. The van der Waals surface area contributed by atoms with Gasteiger partial charge in [0.1, 0.15) is 5.82 Å². The molecule has 3 aromatic heterocycles. The van der Waals surface area contributed by atoms with Crippen LogP contribution in [0.25, 0.3) is 11.3 Å². The largest absolute Gasteiger partial charge is 0.364 e. The predicted octanol–water partition coefficient (Wildman–Crippen LogP) is 3.23. The number of aryl methyl sites for hydroxylation is 3. The molecule has 3 heterocycles. The minimum Gasteiger partial charge on any atom is -0.364 e. The van der Waals surface area contributed by atoms with Gasteiger partial charge in [0.15, 0.2) is 0 Å². The number of aromatic nitrogens is 4. The predicted molar refractivity (Wildman–Crippen MR) is 93.3 cm³/mol. The highest BCUT2D eigenvalue weighted by atomic mass is 32.1. The van der Waals surface area contributed by atoms with Crippen molar-refractivity contribution in [2.75, 3.05) is 5.32 Å². The standard InChI is InChI=1S/C17H17N5OS/c1-2-13-20-17(24-22-13)21-16(23)11-9-19-12-7-3-5-10-6-4-8-18-15(10)14(11)12/h4,6,8-9,19H,2-3,5,7H2,1H3,(H,20,21,22,23). The van der Waals surface area contributed by atoms with Crippen LogP contribution in [0.3, 0.4) is 0 Å². The molecule has 4 rings (SSSR count). The molecule has 0 saturated heterocycles. The molecule has 3 aromatic rings. The van der Waals surface area contributed by atoms with E-state index in [0.29, 0.717) is 10.7 Å². The summed E-state index contributed by atoms with van der Waals surface area (Å²) in [4.78, 5) is 24.8. The minimum absolute atomic E-state index is 0.176. The second kappa shape index (κ2) is 6.16. The van der Waals surface area contributed by atoms with Crippen LogP contribution in [0.2, 0.25) is 0 Å². The van der Waals surface area contributed by atoms with Gasteiger partial charge in [0.2, 0.25) is 5.13 Å². The quantitative estimate of drug-likeness (QED) is 0.767. The maximum absolute atomic E-state index is 12.7. The van der Waals surface area contributed by atoms with Crippen molar-refractivity contribution in [2.24, 2.45) is 0 Å². The van der Waals surface area contributed by atoms with E-state index in [1.54, 1.807) is 12.4 Å². The lowest BCUT2D eigenvalue weighted by Gasteiger charge is -2.07. The van der Waals surface area contributed by atoms with Crippen molar-refractivity contribution in [1.29, 1.82) is 0 Å². The molecule has 122 valence electrons. The summed E-state index contributed by atoms with van der Waals surface area (Å²) in [6, 6.07) is 4.04. The molecule has 6 nitrogen and oxygen atoms in total. The number of hydrogen-bond acceptors (Lipinski definition) is 5. The number of fused-ring (bicyclic) bond motifs is 3. The zero-order chi connectivity index (χ0) is 16.5. The molecule has 0 spiro atoms. The Labute approximate surface area is 143 Å². The smallest absolute Gasteiger partial charge is 0.259 e. The molecule has 2 N–H and O–H groups in total. The summed E-state index contributed by atoms with van der Waals surface area (Å²) < 4.78 is 4.20. The van der Waals surface area contributed by atoms with Crippen LogP contribution < -0.4 is 5.32 Å². The zero-order valence-electron chi connectivity index (χ0n) is 13.3. The molecule has 0 fully saturated rings. The summed E-state index contributed by atoms with van der Waals surface area (Å²) in [7, 11) is 0. The van der Waals surface area contributed by atoms with Gasteiger partial charge in [-0.1, -0.05) is 13.0 Å². The minimum atomic E-state index is -0.176. The average Bonchev–Trinajstić information content (AvgIpc) is 3.18. The molecule has 24 heavy (non-hydrogen) atoms. The summed E-state index contributed by atoms with van der Waals surface area (Å²) in [6.07, 6.45) is 7.24. The first-order chi connectivity index (χ1) is 11.8. The summed E-state index contributed by atoms with van der Waals surface area (Å²) in [6.45, 7) is 1.99. The number of aromatic amines is 1. The Kier molecular flexibility index (Phi) is 3.86. The molecular formula is C17H17N5OS. The Morgan fingerprint density at radius 2 is 2.33 bits per heavy atom. The van der Waals surface area contributed by atoms with E-state index in [9.17, 15) is 4.79 Å². The van der Waals surface area contributed by atoms with Gasteiger partial charge in [-0.05, 0) is 30.9 Å². The van der Waals surface area contributed by atoms with Gasteiger partial charge < -0.3 is 4.98 Å². The maximum atomic E-state index is 12.7. The molecule has 0 saturated carbocycles. The van der Waals surface area contributed by atoms with Gasteiger partial charge in [-0.25, -0.2) is 4.98 Å².